The molecule has 0 aromatic carbocycles. The van der Waals surface area contributed by atoms with Gasteiger partial charge in [-0.1, -0.05) is 0 Å². The molecule has 0 unspecified atom stereocenters. The van der Waals surface area contributed by atoms with Crippen molar-refractivity contribution in [1.82, 2.24) is 19.7 Å². The summed E-state index contributed by atoms with van der Waals surface area (Å²) in [7, 11) is -3.76. The van der Waals surface area contributed by atoms with Crippen LogP contribution >= 0.6 is 0 Å². The number of halogens is 3. The maximum Gasteiger partial charge on any atom is 0.490 e. The summed E-state index contributed by atoms with van der Waals surface area (Å²) in [5, 5.41) is 17.3. The number of carboxylic acid groups (broad SMARTS) is 1. The fourth-order valence-electron chi connectivity index (χ4n) is 2.54. The summed E-state index contributed by atoms with van der Waals surface area (Å²) in [5.41, 5.74) is 2.34. The minimum atomic E-state index is -5.08. The minimum Gasteiger partial charge on any atom is -0.475 e. The van der Waals surface area contributed by atoms with Crippen LogP contribution in [0.25, 0.3) is 22.3 Å². The number of nitrogens with one attached hydrogen (secondary N) is 2. The van der Waals surface area contributed by atoms with Gasteiger partial charge < -0.3 is 15.2 Å². The molecule has 0 amide bonds. The third-order valence-corrected chi connectivity index (χ3v) is 5.72. The van der Waals surface area contributed by atoms with Gasteiger partial charge in [-0.15, -0.1) is 0 Å². The molecule has 13 heteroatoms. The van der Waals surface area contributed by atoms with Gasteiger partial charge in [0.15, 0.2) is 0 Å². The van der Waals surface area contributed by atoms with Crippen LogP contribution in [0.4, 0.5) is 13.2 Å². The number of fused-ring (bicyclic) bond motifs is 1. The van der Waals surface area contributed by atoms with Crippen LogP contribution in [0.1, 0.15) is 19.5 Å². The SMILES string of the molecule is Cc1cc2c(-c3ccc(S(=O)(=O)NC(C)(C)CO)cn3)ccnc2[nH]1.O=C(O)C(F)(F)F. The van der Waals surface area contributed by atoms with Crippen molar-refractivity contribution in [1.29, 1.82) is 0 Å². The number of carbonyl (C=O) groups is 1. The zero-order valence-electron chi connectivity index (χ0n) is 17.2. The third-order valence-electron chi connectivity index (χ3n) is 4.04. The Balaban J connectivity index is 0.000000451. The maximum atomic E-state index is 12.4. The highest BCUT2D eigenvalue weighted by Gasteiger charge is 2.38. The predicted molar refractivity (Wildman–Crippen MR) is 109 cm³/mol. The molecule has 3 aromatic rings. The van der Waals surface area contributed by atoms with Gasteiger partial charge in [0.25, 0.3) is 0 Å². The molecule has 0 aliphatic rings. The van der Waals surface area contributed by atoms with Crippen LogP contribution in [-0.2, 0) is 14.8 Å². The second-order valence-electron chi connectivity index (χ2n) is 7.40. The highest BCUT2D eigenvalue weighted by molar-refractivity contribution is 7.89. The van der Waals surface area contributed by atoms with Gasteiger partial charge >= 0.3 is 12.1 Å². The fraction of sp³-hybridized carbons (Fsp3) is 0.316. The van der Waals surface area contributed by atoms with E-state index in [4.69, 9.17) is 9.90 Å². The Bertz CT molecular complexity index is 1210. The minimum absolute atomic E-state index is 0.0494. The van der Waals surface area contributed by atoms with Crippen molar-refractivity contribution >= 4 is 27.0 Å². The molecule has 0 fully saturated rings. The van der Waals surface area contributed by atoms with Crippen LogP contribution in [0, 0.1) is 6.92 Å². The van der Waals surface area contributed by atoms with Gasteiger partial charge in [-0.05, 0) is 45.0 Å². The smallest absolute Gasteiger partial charge is 0.475 e. The number of aliphatic carboxylic acids is 1. The summed E-state index contributed by atoms with van der Waals surface area (Å²) < 4.78 is 59.0. The number of aliphatic hydroxyl groups excluding tert-OH is 1. The van der Waals surface area contributed by atoms with Gasteiger partial charge in [0.1, 0.15) is 10.5 Å². The maximum absolute atomic E-state index is 12.4. The Morgan fingerprint density at radius 2 is 1.81 bits per heavy atom. The summed E-state index contributed by atoms with van der Waals surface area (Å²) in [4.78, 5) is 20.7. The third kappa shape index (κ3) is 6.24. The van der Waals surface area contributed by atoms with Crippen LogP contribution in [-0.4, -0.2) is 57.9 Å². The van der Waals surface area contributed by atoms with E-state index in [2.05, 4.69) is 19.7 Å². The molecule has 0 aliphatic carbocycles. The Hall–Kier alpha value is -3.03. The number of aryl methyl sites for hydroxylation is 1. The van der Waals surface area contributed by atoms with E-state index in [0.29, 0.717) is 5.69 Å². The van der Waals surface area contributed by atoms with Crippen LogP contribution in [0.2, 0.25) is 0 Å². The number of aliphatic hydroxyl groups is 1. The van der Waals surface area contributed by atoms with E-state index < -0.39 is 27.7 Å². The van der Waals surface area contributed by atoms with Gasteiger partial charge in [0.05, 0.1) is 17.8 Å². The average Bonchev–Trinajstić information content (AvgIpc) is 3.07. The monoisotopic (exact) mass is 474 g/mol. The van der Waals surface area contributed by atoms with Crippen molar-refractivity contribution in [3.63, 3.8) is 0 Å². The number of hydrogen-bond acceptors (Lipinski definition) is 6. The zero-order valence-corrected chi connectivity index (χ0v) is 18.0. The van der Waals surface area contributed by atoms with E-state index in [1.807, 2.05) is 19.1 Å². The number of aromatic amines is 1. The Morgan fingerprint density at radius 1 is 1.19 bits per heavy atom. The normalized spacial score (nSPS) is 12.3. The molecule has 0 aliphatic heterocycles. The first-order valence-electron chi connectivity index (χ1n) is 9.02. The largest absolute Gasteiger partial charge is 0.490 e. The predicted octanol–water partition coefficient (Wildman–Crippen LogP) is 2.62. The number of carboxylic acids is 1. The number of rotatable bonds is 5. The molecule has 9 nitrogen and oxygen atoms in total. The van der Waals surface area contributed by atoms with Gasteiger partial charge in [-0.2, -0.15) is 13.2 Å². The van der Waals surface area contributed by atoms with Crippen LogP contribution in [0.5, 0.6) is 0 Å². The van der Waals surface area contributed by atoms with Gasteiger partial charge in [0.2, 0.25) is 10.0 Å². The lowest BCUT2D eigenvalue weighted by atomic mass is 10.1. The van der Waals surface area contributed by atoms with Crippen LogP contribution < -0.4 is 4.72 Å². The van der Waals surface area contributed by atoms with Crippen LogP contribution in [0.15, 0.2) is 41.6 Å². The first kappa shape index (κ1) is 25.2. The zero-order chi connectivity index (χ0) is 24.3. The van der Waals surface area contributed by atoms with E-state index >= 15 is 0 Å². The van der Waals surface area contributed by atoms with Crippen molar-refractivity contribution in [2.45, 2.75) is 37.4 Å². The Morgan fingerprint density at radius 3 is 2.31 bits per heavy atom. The molecule has 3 rings (SSSR count). The molecule has 32 heavy (non-hydrogen) atoms. The quantitative estimate of drug-likeness (QED) is 0.445. The molecule has 0 radical (unpaired) electrons. The number of H-pyrrole nitrogens is 1. The Kier molecular flexibility index (Phi) is 7.27. The number of pyridine rings is 2. The lowest BCUT2D eigenvalue weighted by Gasteiger charge is -2.23. The van der Waals surface area contributed by atoms with Crippen molar-refractivity contribution in [3.05, 3.63) is 42.4 Å². The molecular weight excluding hydrogens is 453 g/mol. The van der Waals surface area contributed by atoms with Gasteiger partial charge in [-0.25, -0.2) is 22.9 Å². The summed E-state index contributed by atoms with van der Waals surface area (Å²) in [6.07, 6.45) is -2.08. The number of hydrogen-bond donors (Lipinski definition) is 4. The molecular formula is C19H21F3N4O5S. The lowest BCUT2D eigenvalue weighted by Crippen LogP contribution is -2.46. The number of aromatic nitrogens is 3. The lowest BCUT2D eigenvalue weighted by molar-refractivity contribution is -0.192. The van der Waals surface area contributed by atoms with E-state index in [9.17, 15) is 26.7 Å². The van der Waals surface area contributed by atoms with Gasteiger partial charge in [0, 0.05) is 29.0 Å². The van der Waals surface area contributed by atoms with Crippen molar-refractivity contribution in [2.75, 3.05) is 6.61 Å². The molecule has 174 valence electrons. The molecule has 3 aromatic heterocycles. The first-order chi connectivity index (χ1) is 14.7. The number of sulfonamides is 1. The molecule has 0 bridgehead atoms. The number of alkyl halides is 3. The summed E-state index contributed by atoms with van der Waals surface area (Å²) in [6.45, 7) is 4.85. The van der Waals surface area contributed by atoms with Crippen molar-refractivity contribution in [3.8, 4) is 11.3 Å². The van der Waals surface area contributed by atoms with E-state index in [0.717, 1.165) is 22.3 Å². The van der Waals surface area contributed by atoms with E-state index in [-0.39, 0.29) is 11.5 Å². The average molecular weight is 474 g/mol. The molecule has 0 saturated carbocycles. The summed E-state index contributed by atoms with van der Waals surface area (Å²) >= 11 is 0. The molecule has 3 heterocycles. The van der Waals surface area contributed by atoms with E-state index in [1.165, 1.54) is 12.3 Å². The Labute approximate surface area is 181 Å². The fourth-order valence-corrected chi connectivity index (χ4v) is 3.88. The van der Waals surface area contributed by atoms with Crippen LogP contribution in [0.3, 0.4) is 0 Å². The van der Waals surface area contributed by atoms with Gasteiger partial charge in [-0.3, -0.25) is 4.98 Å². The standard InChI is InChI=1S/C17H20N4O3S.C2HF3O2/c1-11-8-14-13(6-7-18-16(14)20-11)15-5-4-12(9-19-15)25(23,24)21-17(2,3)10-22;3-2(4,5)1(6)7/h4-9,21-22H,10H2,1-3H3,(H,18,20);(H,6,7). The molecule has 4 N–H and O–H groups in total. The van der Waals surface area contributed by atoms with Crippen molar-refractivity contribution in [2.24, 2.45) is 0 Å². The highest BCUT2D eigenvalue weighted by atomic mass is 32.2. The second kappa shape index (κ2) is 9.22. The summed E-state index contributed by atoms with van der Waals surface area (Å²) in [6, 6.07) is 7.00. The van der Waals surface area contributed by atoms with E-state index in [1.54, 1.807) is 26.1 Å². The first-order valence-corrected chi connectivity index (χ1v) is 10.5. The molecule has 0 spiro atoms. The topological polar surface area (TPSA) is 145 Å². The second-order valence-corrected chi connectivity index (χ2v) is 9.09. The number of nitrogens with zero attached hydrogens (tertiary/aromatic N) is 2. The summed E-state index contributed by atoms with van der Waals surface area (Å²) in [5.74, 6) is -2.76. The molecule has 0 saturated heterocycles. The highest BCUT2D eigenvalue weighted by Crippen LogP contribution is 2.27. The molecule has 0 atom stereocenters. The van der Waals surface area contributed by atoms with Crippen molar-refractivity contribution < 1.29 is 36.6 Å².